The molecule has 0 radical (unpaired) electrons. The second-order valence-electron chi connectivity index (χ2n) is 7.75. The quantitative estimate of drug-likeness (QED) is 0.486. The molecule has 11 heteroatoms. The first kappa shape index (κ1) is 22.3. The summed E-state index contributed by atoms with van der Waals surface area (Å²) < 4.78 is 31.7. The van der Waals surface area contributed by atoms with Gasteiger partial charge in [-0.05, 0) is 59.6 Å². The van der Waals surface area contributed by atoms with Gasteiger partial charge in [0.1, 0.15) is 0 Å². The lowest BCUT2D eigenvalue weighted by Crippen LogP contribution is -2.49. The zero-order valence-electron chi connectivity index (χ0n) is 17.6. The highest BCUT2D eigenvalue weighted by atomic mass is 32.2. The molecule has 3 aromatic rings. The van der Waals surface area contributed by atoms with Crippen LogP contribution in [0, 0.1) is 18.6 Å². The van der Waals surface area contributed by atoms with Crippen molar-refractivity contribution in [3.05, 3.63) is 56.5 Å². The Morgan fingerprint density at radius 1 is 1.06 bits per heavy atom. The van der Waals surface area contributed by atoms with Crippen LogP contribution in [-0.2, 0) is 29.7 Å². The van der Waals surface area contributed by atoms with Gasteiger partial charge in [-0.1, -0.05) is 23.8 Å². The second-order valence-corrected chi connectivity index (χ2v) is 11.0. The first-order chi connectivity index (χ1) is 14.8. The van der Waals surface area contributed by atoms with Crippen LogP contribution in [0.3, 0.4) is 0 Å². The van der Waals surface area contributed by atoms with Gasteiger partial charge >= 0.3 is 0 Å². The first-order valence-electron chi connectivity index (χ1n) is 10.2. The lowest BCUT2D eigenvalue weighted by Gasteiger charge is -2.33. The molecule has 166 valence electrons. The standard InChI is InChI=1S/C20H26N6O2S3/c1-16-5-6-19(17(2)14-16)31(27,28)24-11-9-23(10-12-24)15-26-20(29)25(21-22-26)8-7-18-4-3-13-30-18/h3-6,13-14H,7-12,15H2,1-2H3. The lowest BCUT2D eigenvalue weighted by atomic mass is 10.2. The SMILES string of the molecule is Cc1ccc(S(=O)(=O)N2CCN(Cn3nnn(CCc4cccs4)c3=S)CC2)c(C)c1. The van der Waals surface area contributed by atoms with E-state index in [0.717, 1.165) is 17.5 Å². The summed E-state index contributed by atoms with van der Waals surface area (Å²) in [6.07, 6.45) is 0.875. The van der Waals surface area contributed by atoms with E-state index in [-0.39, 0.29) is 0 Å². The summed E-state index contributed by atoms with van der Waals surface area (Å²) >= 11 is 7.25. The number of benzene rings is 1. The number of hydrogen-bond acceptors (Lipinski definition) is 7. The molecule has 3 heterocycles. The van der Waals surface area contributed by atoms with Crippen LogP contribution in [0.5, 0.6) is 0 Å². The molecule has 0 spiro atoms. The molecule has 1 fully saturated rings. The highest BCUT2D eigenvalue weighted by Crippen LogP contribution is 2.22. The fraction of sp³-hybridized carbons (Fsp3) is 0.450. The molecule has 1 aliphatic rings. The van der Waals surface area contributed by atoms with Crippen molar-refractivity contribution in [2.45, 2.75) is 38.4 Å². The number of sulfonamides is 1. The third-order valence-electron chi connectivity index (χ3n) is 5.46. The average Bonchev–Trinajstić information content (AvgIpc) is 3.37. The van der Waals surface area contributed by atoms with Gasteiger partial charge in [-0.15, -0.1) is 11.3 Å². The molecule has 0 N–H and O–H groups in total. The van der Waals surface area contributed by atoms with E-state index in [0.29, 0.717) is 49.1 Å². The largest absolute Gasteiger partial charge is 0.282 e. The van der Waals surface area contributed by atoms with Gasteiger partial charge in [-0.2, -0.15) is 4.31 Å². The summed E-state index contributed by atoms with van der Waals surface area (Å²) in [5.74, 6) is 0. The van der Waals surface area contributed by atoms with Gasteiger partial charge in [-0.25, -0.2) is 17.8 Å². The fourth-order valence-electron chi connectivity index (χ4n) is 3.73. The van der Waals surface area contributed by atoms with E-state index in [4.69, 9.17) is 12.2 Å². The highest BCUT2D eigenvalue weighted by molar-refractivity contribution is 7.89. The lowest BCUT2D eigenvalue weighted by molar-refractivity contribution is 0.143. The molecular weight excluding hydrogens is 452 g/mol. The third-order valence-corrected chi connectivity index (χ3v) is 8.88. The van der Waals surface area contributed by atoms with E-state index < -0.39 is 10.0 Å². The summed E-state index contributed by atoms with van der Waals surface area (Å²) in [7, 11) is -3.49. The van der Waals surface area contributed by atoms with Crippen molar-refractivity contribution < 1.29 is 8.42 Å². The fourth-order valence-corrected chi connectivity index (χ4v) is 6.28. The van der Waals surface area contributed by atoms with Crippen LogP contribution in [0.1, 0.15) is 16.0 Å². The maximum absolute atomic E-state index is 13.1. The summed E-state index contributed by atoms with van der Waals surface area (Å²) in [6, 6.07) is 9.60. The number of tetrazole rings is 1. The topological polar surface area (TPSA) is 76.3 Å². The van der Waals surface area contributed by atoms with Crippen molar-refractivity contribution >= 4 is 33.6 Å². The number of rotatable bonds is 7. The Morgan fingerprint density at radius 2 is 1.81 bits per heavy atom. The molecule has 4 rings (SSSR count). The third kappa shape index (κ3) is 4.96. The normalized spacial score (nSPS) is 16.1. The predicted octanol–water partition coefficient (Wildman–Crippen LogP) is 2.69. The second kappa shape index (κ2) is 9.29. The Bertz CT molecular complexity index is 1190. The molecule has 0 aliphatic carbocycles. The van der Waals surface area contributed by atoms with E-state index in [1.807, 2.05) is 32.0 Å². The van der Waals surface area contributed by atoms with Crippen molar-refractivity contribution in [2.75, 3.05) is 26.2 Å². The maximum atomic E-state index is 13.1. The number of aryl methyl sites for hydroxylation is 4. The minimum absolute atomic E-state index is 0.391. The van der Waals surface area contributed by atoms with Gasteiger partial charge < -0.3 is 0 Å². The molecule has 0 atom stereocenters. The molecular formula is C20H26N6O2S3. The number of piperazine rings is 1. The molecule has 2 aromatic heterocycles. The van der Waals surface area contributed by atoms with Gasteiger partial charge in [0.25, 0.3) is 0 Å². The van der Waals surface area contributed by atoms with Crippen LogP contribution in [0.2, 0.25) is 0 Å². The molecule has 31 heavy (non-hydrogen) atoms. The zero-order chi connectivity index (χ0) is 22.0. The van der Waals surface area contributed by atoms with Gasteiger partial charge in [0.05, 0.1) is 18.1 Å². The van der Waals surface area contributed by atoms with Gasteiger partial charge in [0.15, 0.2) is 0 Å². The molecule has 0 unspecified atom stereocenters. The number of nitrogens with zero attached hydrogens (tertiary/aromatic N) is 6. The van der Waals surface area contributed by atoms with Crippen molar-refractivity contribution in [1.82, 2.24) is 29.0 Å². The van der Waals surface area contributed by atoms with Crippen molar-refractivity contribution in [3.63, 3.8) is 0 Å². The van der Waals surface area contributed by atoms with Crippen LogP contribution in [0.25, 0.3) is 0 Å². The van der Waals surface area contributed by atoms with Crippen molar-refractivity contribution in [3.8, 4) is 0 Å². The summed E-state index contributed by atoms with van der Waals surface area (Å²) in [4.78, 5) is 3.84. The van der Waals surface area contributed by atoms with E-state index >= 15 is 0 Å². The Morgan fingerprint density at radius 3 is 2.48 bits per heavy atom. The minimum atomic E-state index is -3.49. The summed E-state index contributed by atoms with van der Waals surface area (Å²) in [5, 5.41) is 10.4. The Hall–Kier alpha value is -1.92. The Balaban J connectivity index is 1.36. The smallest absolute Gasteiger partial charge is 0.243 e. The van der Waals surface area contributed by atoms with Crippen LogP contribution >= 0.6 is 23.6 Å². The van der Waals surface area contributed by atoms with Gasteiger partial charge in [0, 0.05) is 37.5 Å². The molecule has 0 bridgehead atoms. The Kier molecular flexibility index (Phi) is 6.68. The summed E-state index contributed by atoms with van der Waals surface area (Å²) in [5.41, 5.74) is 1.84. The van der Waals surface area contributed by atoms with Crippen LogP contribution in [0.15, 0.2) is 40.6 Å². The molecule has 1 aromatic carbocycles. The average molecular weight is 479 g/mol. The molecule has 1 saturated heterocycles. The molecule has 0 saturated carbocycles. The number of hydrogen-bond donors (Lipinski definition) is 0. The van der Waals surface area contributed by atoms with Gasteiger partial charge in [-0.3, -0.25) is 4.90 Å². The van der Waals surface area contributed by atoms with E-state index in [9.17, 15) is 8.42 Å². The molecule has 1 aliphatic heterocycles. The summed E-state index contributed by atoms with van der Waals surface area (Å²) in [6.45, 7) is 7.13. The van der Waals surface area contributed by atoms with Gasteiger partial charge in [0.2, 0.25) is 14.8 Å². The number of thiophene rings is 1. The zero-order valence-corrected chi connectivity index (χ0v) is 20.1. The maximum Gasteiger partial charge on any atom is 0.243 e. The molecule has 8 nitrogen and oxygen atoms in total. The monoisotopic (exact) mass is 478 g/mol. The van der Waals surface area contributed by atoms with Crippen molar-refractivity contribution in [2.24, 2.45) is 0 Å². The predicted molar refractivity (Wildman–Crippen MR) is 123 cm³/mol. The first-order valence-corrected chi connectivity index (χ1v) is 12.9. The van der Waals surface area contributed by atoms with Crippen LogP contribution in [-0.4, -0.2) is 63.6 Å². The number of aromatic nitrogens is 4. The molecule has 0 amide bonds. The minimum Gasteiger partial charge on any atom is -0.282 e. The van der Waals surface area contributed by atoms with E-state index in [2.05, 4.69) is 26.8 Å². The Labute approximate surface area is 191 Å². The van der Waals surface area contributed by atoms with Crippen LogP contribution < -0.4 is 0 Å². The van der Waals surface area contributed by atoms with E-state index in [1.165, 1.54) is 4.88 Å². The van der Waals surface area contributed by atoms with Crippen LogP contribution in [0.4, 0.5) is 0 Å². The van der Waals surface area contributed by atoms with Crippen molar-refractivity contribution in [1.29, 1.82) is 0 Å². The highest BCUT2D eigenvalue weighted by Gasteiger charge is 2.29. The van der Waals surface area contributed by atoms with E-state index in [1.54, 1.807) is 31.1 Å².